The first-order chi connectivity index (χ1) is 15.6. The summed E-state index contributed by atoms with van der Waals surface area (Å²) < 4.78 is 48.1. The topological polar surface area (TPSA) is 37.7 Å². The van der Waals surface area contributed by atoms with Crippen molar-refractivity contribution in [3.05, 3.63) is 58.5 Å². The zero-order valence-corrected chi connectivity index (χ0v) is 20.7. The molecule has 0 saturated carbocycles. The summed E-state index contributed by atoms with van der Waals surface area (Å²) in [6, 6.07) is 8.93. The Hall–Kier alpha value is -3.10. The lowest BCUT2D eigenvalue weighted by Crippen LogP contribution is -2.16. The molecule has 0 aliphatic heterocycles. The molecule has 0 unspecified atom stereocenters. The number of ether oxygens (including phenoxy) is 1. The molecule has 2 heterocycles. The molecule has 4 nitrogen and oxygen atoms in total. The van der Waals surface area contributed by atoms with Crippen LogP contribution in [0, 0.1) is 27.7 Å². The highest BCUT2D eigenvalue weighted by atomic mass is 19.5. The second kappa shape index (κ2) is 8.93. The summed E-state index contributed by atoms with van der Waals surface area (Å²) in [6.07, 6.45) is 1.87. The first-order valence-electron chi connectivity index (χ1n) is 10.9. The van der Waals surface area contributed by atoms with Gasteiger partial charge in [0.2, 0.25) is 0 Å². The van der Waals surface area contributed by atoms with Gasteiger partial charge in [-0.2, -0.15) is 4.98 Å². The summed E-state index contributed by atoms with van der Waals surface area (Å²) in [7, 11) is -4.33. The Kier molecular flexibility index (Phi) is 6.70. The Bertz CT molecular complexity index is 1300. The second-order valence-electron chi connectivity index (χ2n) is 9.54. The fourth-order valence-corrected chi connectivity index (χ4v) is 4.18. The molecular formula is C25H29BF4N2O2. The molecule has 4 rings (SSSR count). The third-order valence-electron chi connectivity index (χ3n) is 5.34. The maximum atomic E-state index is 9.75. The van der Waals surface area contributed by atoms with Gasteiger partial charge in [0.1, 0.15) is 12.0 Å². The molecule has 34 heavy (non-hydrogen) atoms. The lowest BCUT2D eigenvalue weighted by molar-refractivity contribution is 0.317. The maximum Gasteiger partial charge on any atom is 0.673 e. The largest absolute Gasteiger partial charge is 0.673 e. The molecular weight excluding hydrogens is 447 g/mol. The number of rotatable bonds is 2. The number of aryl methyl sites for hydroxylation is 4. The molecule has 0 atom stereocenters. The van der Waals surface area contributed by atoms with Gasteiger partial charge in [0, 0.05) is 16.5 Å². The number of hydrogen-bond acceptors (Lipinski definition) is 3. The normalized spacial score (nSPS) is 12.1. The van der Waals surface area contributed by atoms with Crippen molar-refractivity contribution in [1.29, 1.82) is 0 Å². The van der Waals surface area contributed by atoms with Crippen LogP contribution >= 0.6 is 0 Å². The van der Waals surface area contributed by atoms with Crippen molar-refractivity contribution >= 4 is 29.2 Å². The van der Waals surface area contributed by atoms with Crippen molar-refractivity contribution in [1.82, 2.24) is 9.97 Å². The zero-order valence-electron chi connectivity index (χ0n) is 20.7. The number of nitrogens with zero attached hydrogens (tertiary/aromatic N) is 2. The third kappa shape index (κ3) is 5.18. The number of halogens is 4. The summed E-state index contributed by atoms with van der Waals surface area (Å²) in [4.78, 5) is 9.44. The number of benzene rings is 2. The fraction of sp³-hybridized carbons (Fsp3) is 0.360. The monoisotopic (exact) mass is 476 g/mol. The molecule has 2 aromatic carbocycles. The van der Waals surface area contributed by atoms with Crippen molar-refractivity contribution in [2.75, 3.05) is 7.11 Å². The van der Waals surface area contributed by atoms with Crippen LogP contribution in [0.5, 0.6) is 5.88 Å². The maximum absolute atomic E-state index is 9.75. The van der Waals surface area contributed by atoms with Gasteiger partial charge in [-0.1, -0.05) is 20.8 Å². The van der Waals surface area contributed by atoms with Gasteiger partial charge in [-0.3, -0.25) is 0 Å². The van der Waals surface area contributed by atoms with Gasteiger partial charge in [0.15, 0.2) is 0 Å². The van der Waals surface area contributed by atoms with E-state index < -0.39 is 7.25 Å². The second-order valence-corrected chi connectivity index (χ2v) is 9.54. The van der Waals surface area contributed by atoms with Crippen LogP contribution in [0.2, 0.25) is 0 Å². The fourth-order valence-electron chi connectivity index (χ4n) is 4.18. The van der Waals surface area contributed by atoms with Crippen LogP contribution in [0.1, 0.15) is 48.8 Å². The van der Waals surface area contributed by atoms with Crippen LogP contribution in [0.4, 0.5) is 17.3 Å². The Morgan fingerprint density at radius 1 is 0.824 bits per heavy atom. The van der Waals surface area contributed by atoms with Crippen molar-refractivity contribution in [3.63, 3.8) is 0 Å². The number of aromatic nitrogens is 2. The minimum absolute atomic E-state index is 0.155. The standard InChI is InChI=1S/C25H29N2O2.BF4/c1-14-9-16(3)21-18(11-14)19-12-15(2)10-17(4)22(19)29(21)20-13-26-24(25(5,6)7)27-23(20)28-8;2-1(3,4)5/h9-13H,1-8H3;/q+1;-1. The molecule has 0 fully saturated rings. The first kappa shape index (κ1) is 25.5. The molecule has 0 N–H and O–H groups in total. The van der Waals surface area contributed by atoms with Crippen molar-refractivity contribution in [2.45, 2.75) is 53.9 Å². The van der Waals surface area contributed by atoms with E-state index in [4.69, 9.17) is 9.72 Å². The van der Waals surface area contributed by atoms with Crippen LogP contribution in [0.25, 0.3) is 27.7 Å². The number of hydrogen-bond donors (Lipinski definition) is 0. The molecule has 0 saturated heterocycles. The number of furan rings is 1. The van der Waals surface area contributed by atoms with E-state index >= 15 is 0 Å². The van der Waals surface area contributed by atoms with Gasteiger partial charge in [-0.15, -0.1) is 0 Å². The summed E-state index contributed by atoms with van der Waals surface area (Å²) in [5.41, 5.74) is 6.94. The summed E-state index contributed by atoms with van der Waals surface area (Å²) >= 11 is 0. The average molecular weight is 476 g/mol. The van der Waals surface area contributed by atoms with E-state index in [-0.39, 0.29) is 5.41 Å². The molecule has 0 amide bonds. The van der Waals surface area contributed by atoms with E-state index in [0.717, 1.165) is 22.7 Å². The molecule has 0 radical (unpaired) electrons. The predicted molar refractivity (Wildman–Crippen MR) is 130 cm³/mol. The summed E-state index contributed by atoms with van der Waals surface area (Å²) in [6.45, 7) is 14.9. The Labute approximate surface area is 196 Å². The van der Waals surface area contributed by atoms with Gasteiger partial charge in [-0.05, 0) is 63.1 Å². The van der Waals surface area contributed by atoms with Crippen LogP contribution in [0.3, 0.4) is 0 Å². The van der Waals surface area contributed by atoms with Gasteiger partial charge in [-0.25, -0.2) is 4.98 Å². The van der Waals surface area contributed by atoms with E-state index in [9.17, 15) is 17.3 Å². The third-order valence-corrected chi connectivity index (χ3v) is 5.34. The van der Waals surface area contributed by atoms with Crippen LogP contribution in [-0.4, -0.2) is 24.3 Å². The van der Waals surface area contributed by atoms with Gasteiger partial charge < -0.3 is 26.0 Å². The van der Waals surface area contributed by atoms with E-state index in [1.165, 1.54) is 33.0 Å². The highest BCUT2D eigenvalue weighted by Crippen LogP contribution is 2.44. The lowest BCUT2D eigenvalue weighted by atomic mass is 9.96. The molecule has 0 aliphatic rings. The summed E-state index contributed by atoms with van der Waals surface area (Å²) in [5, 5.41) is 2.44. The molecule has 0 spiro atoms. The molecule has 0 bridgehead atoms. The SMILES string of the molecule is COc1nc(C(C)(C)C)ncc1-[o+]1c2c(C)cc(C)cc2c2cc(C)cc(C)c21.F[B-](F)(F)F. The molecule has 182 valence electrons. The zero-order chi connectivity index (χ0) is 25.6. The highest BCUT2D eigenvalue weighted by Gasteiger charge is 2.30. The minimum atomic E-state index is -6.00. The van der Waals surface area contributed by atoms with Crippen LogP contribution in [-0.2, 0) is 5.41 Å². The van der Waals surface area contributed by atoms with Gasteiger partial charge >= 0.3 is 18.9 Å². The van der Waals surface area contributed by atoms with Crippen molar-refractivity contribution in [3.8, 4) is 11.6 Å². The molecule has 2 aromatic heterocycles. The van der Waals surface area contributed by atoms with Crippen LogP contribution in [0.15, 0.2) is 34.5 Å². The molecule has 9 heteroatoms. The van der Waals surface area contributed by atoms with E-state index in [1.807, 2.05) is 6.20 Å². The smallest absolute Gasteiger partial charge is 0.493 e. The van der Waals surface area contributed by atoms with E-state index in [0.29, 0.717) is 5.88 Å². The lowest BCUT2D eigenvalue weighted by Gasteiger charge is -2.17. The quantitative estimate of drug-likeness (QED) is 0.168. The van der Waals surface area contributed by atoms with Gasteiger partial charge in [0.05, 0.1) is 17.9 Å². The van der Waals surface area contributed by atoms with Gasteiger partial charge in [0.25, 0.3) is 11.2 Å². The Balaban J connectivity index is 0.000000588. The van der Waals surface area contributed by atoms with E-state index in [1.54, 1.807) is 7.11 Å². The number of methoxy groups -OCH3 is 1. The number of fused-ring (bicyclic) bond motifs is 3. The average Bonchev–Trinajstić information content (AvgIpc) is 3.00. The van der Waals surface area contributed by atoms with Crippen molar-refractivity contribution < 1.29 is 26.0 Å². The highest BCUT2D eigenvalue weighted by molar-refractivity contribution is 6.50. The van der Waals surface area contributed by atoms with E-state index in [2.05, 4.69) is 81.8 Å². The van der Waals surface area contributed by atoms with Crippen LogP contribution < -0.4 is 4.74 Å². The summed E-state index contributed by atoms with van der Waals surface area (Å²) in [5.74, 6) is 2.12. The predicted octanol–water partition coefficient (Wildman–Crippen LogP) is 7.89. The first-order valence-corrected chi connectivity index (χ1v) is 10.9. The van der Waals surface area contributed by atoms with Crippen molar-refractivity contribution in [2.24, 2.45) is 0 Å². The Morgan fingerprint density at radius 3 is 1.65 bits per heavy atom. The Morgan fingerprint density at radius 2 is 1.26 bits per heavy atom. The molecule has 0 aliphatic carbocycles. The minimum Gasteiger partial charge on any atom is -0.493 e. The molecule has 4 aromatic rings.